The Balaban J connectivity index is 1.44. The molecule has 13 nitrogen and oxygen atoms in total. The van der Waals surface area contributed by atoms with Crippen LogP contribution in [0, 0.1) is 5.92 Å². The van der Waals surface area contributed by atoms with Crippen molar-refractivity contribution >= 4 is 23.8 Å². The van der Waals surface area contributed by atoms with Gasteiger partial charge in [-0.1, -0.05) is 26.8 Å². The minimum atomic E-state index is -1.98. The van der Waals surface area contributed by atoms with E-state index in [0.29, 0.717) is 18.4 Å². The van der Waals surface area contributed by atoms with Gasteiger partial charge in [0.1, 0.15) is 11.8 Å². The number of phenolic OH excluding ortho intramolecular Hbond substituents is 1. The van der Waals surface area contributed by atoms with E-state index in [1.54, 1.807) is 33.0 Å². The number of amides is 1. The number of aromatic hydroxyl groups is 1. The van der Waals surface area contributed by atoms with E-state index in [1.807, 2.05) is 6.92 Å². The van der Waals surface area contributed by atoms with Crippen LogP contribution in [0.4, 0.5) is 0 Å². The van der Waals surface area contributed by atoms with E-state index < -0.39 is 65.6 Å². The van der Waals surface area contributed by atoms with Crippen LogP contribution in [0.25, 0.3) is 0 Å². The topological polar surface area (TPSA) is 201 Å². The van der Waals surface area contributed by atoms with Gasteiger partial charge < -0.3 is 45.3 Å². The highest BCUT2D eigenvalue weighted by molar-refractivity contribution is 5.89. The predicted molar refractivity (Wildman–Crippen MR) is 150 cm³/mol. The Labute approximate surface area is 249 Å². The SMILES string of the molecule is CC[C@]12c3c4ccc(O)c3O[C@H]1C(OC(=O)C[C@H](O)C(=O)O[C@@H](C)C(=O)N[C@@H](CC(C)C)C(=O)O)=CC[C@@]2(O)[C@H](NC)C4. The highest BCUT2D eigenvalue weighted by Gasteiger charge is 2.69. The molecule has 236 valence electrons. The molecule has 1 heterocycles. The molecule has 43 heavy (non-hydrogen) atoms. The second-order valence-corrected chi connectivity index (χ2v) is 11.9. The number of benzene rings is 1. The van der Waals surface area contributed by atoms with E-state index in [9.17, 15) is 39.6 Å². The summed E-state index contributed by atoms with van der Waals surface area (Å²) in [5, 5.41) is 47.9. The molecule has 0 fully saturated rings. The van der Waals surface area contributed by atoms with Crippen molar-refractivity contribution in [1.82, 2.24) is 10.6 Å². The van der Waals surface area contributed by atoms with Crippen LogP contribution >= 0.6 is 0 Å². The number of rotatable bonds is 12. The lowest BCUT2D eigenvalue weighted by Crippen LogP contribution is -2.70. The highest BCUT2D eigenvalue weighted by atomic mass is 16.6. The maximum Gasteiger partial charge on any atom is 0.336 e. The van der Waals surface area contributed by atoms with Crippen LogP contribution in [-0.4, -0.2) is 87.3 Å². The third kappa shape index (κ3) is 5.56. The Bertz CT molecular complexity index is 1330. The number of aliphatic carboxylic acids is 1. The second kappa shape index (κ2) is 12.1. The number of carboxylic acids is 1. The van der Waals surface area contributed by atoms with E-state index in [-0.39, 0.29) is 42.1 Å². The number of carbonyl (C=O) groups excluding carboxylic acids is 3. The molecule has 0 unspecified atom stereocenters. The van der Waals surface area contributed by atoms with Gasteiger partial charge in [-0.15, -0.1) is 0 Å². The first kappa shape index (κ1) is 32.2. The van der Waals surface area contributed by atoms with Crippen LogP contribution in [0.1, 0.15) is 64.5 Å². The molecule has 1 aliphatic heterocycles. The summed E-state index contributed by atoms with van der Waals surface area (Å²) in [4.78, 5) is 49.2. The van der Waals surface area contributed by atoms with Crippen molar-refractivity contribution in [3.05, 3.63) is 35.1 Å². The Morgan fingerprint density at radius 1 is 1.19 bits per heavy atom. The standard InChI is InChI=1S/C30H40N2O11/c1-6-29-23-16-7-8-18(33)24(23)43-25(29)20(9-10-30(29,40)21(12-16)31-5)42-22(35)13-19(34)28(39)41-15(4)26(36)32-17(27(37)38)11-14(2)3/h7-9,14-15,17,19,21,25,31,33-34,40H,6,10-13H2,1-5H3,(H,32,36)(H,37,38)/t15-,17-,19-,21+,25-,29-,30+/m0/s1. The Morgan fingerprint density at radius 2 is 1.88 bits per heavy atom. The first-order valence-electron chi connectivity index (χ1n) is 14.4. The zero-order valence-electron chi connectivity index (χ0n) is 24.9. The fourth-order valence-corrected chi connectivity index (χ4v) is 6.68. The van der Waals surface area contributed by atoms with Crippen molar-refractivity contribution in [2.75, 3.05) is 7.05 Å². The predicted octanol–water partition coefficient (Wildman–Crippen LogP) is 0.805. The summed E-state index contributed by atoms with van der Waals surface area (Å²) in [6.07, 6.45) is -2.50. The molecular formula is C30H40N2O11. The molecular weight excluding hydrogens is 564 g/mol. The average molecular weight is 605 g/mol. The fraction of sp³-hybridized carbons (Fsp3) is 0.600. The number of nitrogens with one attached hydrogen (secondary N) is 2. The third-order valence-electron chi connectivity index (χ3n) is 8.75. The van der Waals surface area contributed by atoms with E-state index in [0.717, 1.165) is 5.56 Å². The first-order chi connectivity index (χ1) is 20.2. The van der Waals surface area contributed by atoms with E-state index in [1.165, 1.54) is 13.0 Å². The number of hydrogen-bond acceptors (Lipinski definition) is 11. The summed E-state index contributed by atoms with van der Waals surface area (Å²) in [5.74, 6) is -4.19. The van der Waals surface area contributed by atoms with Gasteiger partial charge in [-0.3, -0.25) is 9.59 Å². The molecule has 1 amide bonds. The number of esters is 2. The quantitative estimate of drug-likeness (QED) is 0.184. The Kier molecular flexibility index (Phi) is 9.10. The van der Waals surface area contributed by atoms with Crippen molar-refractivity contribution in [3.8, 4) is 11.5 Å². The highest BCUT2D eigenvalue weighted by Crippen LogP contribution is 2.63. The molecule has 4 rings (SSSR count). The van der Waals surface area contributed by atoms with Gasteiger partial charge in [0.05, 0.1) is 17.4 Å². The molecule has 0 saturated carbocycles. The largest absolute Gasteiger partial charge is 0.504 e. The maximum atomic E-state index is 12.9. The number of likely N-dealkylation sites (N-methyl/N-ethyl adjacent to an activating group) is 1. The minimum Gasteiger partial charge on any atom is -0.504 e. The summed E-state index contributed by atoms with van der Waals surface area (Å²) in [6, 6.07) is 1.77. The van der Waals surface area contributed by atoms with Crippen molar-refractivity contribution in [1.29, 1.82) is 0 Å². The van der Waals surface area contributed by atoms with Crippen LogP contribution < -0.4 is 15.4 Å². The zero-order valence-corrected chi connectivity index (χ0v) is 24.9. The molecule has 0 spiro atoms. The Morgan fingerprint density at radius 3 is 2.49 bits per heavy atom. The smallest absolute Gasteiger partial charge is 0.336 e. The third-order valence-corrected chi connectivity index (χ3v) is 8.75. The van der Waals surface area contributed by atoms with E-state index >= 15 is 0 Å². The number of hydrogen-bond donors (Lipinski definition) is 6. The summed E-state index contributed by atoms with van der Waals surface area (Å²) in [7, 11) is 1.75. The van der Waals surface area contributed by atoms with Crippen molar-refractivity contribution in [3.63, 3.8) is 0 Å². The van der Waals surface area contributed by atoms with Gasteiger partial charge in [0, 0.05) is 18.0 Å². The number of carbonyl (C=O) groups is 4. The summed E-state index contributed by atoms with van der Waals surface area (Å²) >= 11 is 0. The van der Waals surface area contributed by atoms with Crippen LogP contribution in [0.2, 0.25) is 0 Å². The molecule has 0 saturated heterocycles. The summed E-state index contributed by atoms with van der Waals surface area (Å²) < 4.78 is 16.7. The number of aliphatic hydroxyl groups is 2. The normalized spacial score (nSPS) is 27.2. The molecule has 3 aliphatic rings. The van der Waals surface area contributed by atoms with E-state index in [4.69, 9.17) is 14.2 Å². The number of aliphatic hydroxyl groups excluding tert-OH is 1. The van der Waals surface area contributed by atoms with Gasteiger partial charge in [-0.2, -0.15) is 0 Å². The first-order valence-corrected chi connectivity index (χ1v) is 14.4. The van der Waals surface area contributed by atoms with Crippen molar-refractivity contribution in [2.24, 2.45) is 5.92 Å². The van der Waals surface area contributed by atoms with Crippen molar-refractivity contribution < 1.29 is 53.8 Å². The van der Waals surface area contributed by atoms with Gasteiger partial charge in [-0.25, -0.2) is 9.59 Å². The van der Waals surface area contributed by atoms with Gasteiger partial charge in [0.15, 0.2) is 29.8 Å². The molecule has 0 radical (unpaired) electrons. The molecule has 1 aromatic rings. The van der Waals surface area contributed by atoms with Crippen LogP contribution in [0.15, 0.2) is 24.0 Å². The summed E-state index contributed by atoms with van der Waals surface area (Å²) in [6.45, 7) is 6.68. The van der Waals surface area contributed by atoms with Gasteiger partial charge >= 0.3 is 17.9 Å². The molecule has 6 N–H and O–H groups in total. The molecule has 13 heteroatoms. The number of carboxylic acid groups (broad SMARTS) is 1. The minimum absolute atomic E-state index is 0.0215. The van der Waals surface area contributed by atoms with E-state index in [2.05, 4.69) is 10.6 Å². The molecule has 7 atom stereocenters. The monoisotopic (exact) mass is 604 g/mol. The lowest BCUT2D eigenvalue weighted by molar-refractivity contribution is -0.167. The molecule has 2 aliphatic carbocycles. The van der Waals surface area contributed by atoms with Crippen molar-refractivity contribution in [2.45, 2.75) is 101 Å². The van der Waals surface area contributed by atoms with Crippen LogP contribution in [0.5, 0.6) is 11.5 Å². The van der Waals surface area contributed by atoms with Crippen LogP contribution in [-0.2, 0) is 40.5 Å². The Hall–Kier alpha value is -3.68. The van der Waals surface area contributed by atoms with Gasteiger partial charge in [0.25, 0.3) is 5.91 Å². The maximum absolute atomic E-state index is 12.9. The van der Waals surface area contributed by atoms with Crippen LogP contribution in [0.3, 0.4) is 0 Å². The van der Waals surface area contributed by atoms with Gasteiger partial charge in [-0.05, 0) is 56.9 Å². The fourth-order valence-electron chi connectivity index (χ4n) is 6.68. The zero-order chi connectivity index (χ0) is 31.9. The molecule has 1 aromatic carbocycles. The summed E-state index contributed by atoms with van der Waals surface area (Å²) in [5.41, 5.74) is -0.831. The molecule has 0 aromatic heterocycles. The van der Waals surface area contributed by atoms with Gasteiger partial charge in [0.2, 0.25) is 0 Å². The number of ether oxygens (including phenoxy) is 3. The lowest BCUT2D eigenvalue weighted by atomic mass is 9.52. The lowest BCUT2D eigenvalue weighted by Gasteiger charge is -2.56. The second-order valence-electron chi connectivity index (χ2n) is 11.9. The average Bonchev–Trinajstić information content (AvgIpc) is 3.32. The molecule has 0 bridgehead atoms. The number of phenols is 1.